The van der Waals surface area contributed by atoms with Gasteiger partial charge >= 0.3 is 0 Å². The number of methoxy groups -OCH3 is 2. The SMILES string of the molecule is COc1ccc(C(C)(O)Cc2ccc(Br)cc2)cc1OC. The van der Waals surface area contributed by atoms with Crippen LogP contribution in [-0.2, 0) is 12.0 Å². The maximum Gasteiger partial charge on any atom is 0.161 e. The predicted molar refractivity (Wildman–Crippen MR) is 87.0 cm³/mol. The van der Waals surface area contributed by atoms with E-state index in [0.29, 0.717) is 17.9 Å². The third kappa shape index (κ3) is 3.77. The second kappa shape index (κ2) is 6.50. The third-order valence-electron chi connectivity index (χ3n) is 3.47. The van der Waals surface area contributed by atoms with Crippen molar-refractivity contribution in [3.05, 3.63) is 58.1 Å². The minimum atomic E-state index is -0.979. The van der Waals surface area contributed by atoms with Crippen LogP contribution in [0.5, 0.6) is 11.5 Å². The van der Waals surface area contributed by atoms with Crippen molar-refractivity contribution in [3.8, 4) is 11.5 Å². The second-order valence-corrected chi connectivity index (χ2v) is 6.06. The molecule has 2 aromatic carbocycles. The van der Waals surface area contributed by atoms with E-state index in [4.69, 9.17) is 9.47 Å². The Balaban J connectivity index is 2.28. The zero-order valence-corrected chi connectivity index (χ0v) is 14.0. The number of halogens is 1. The van der Waals surface area contributed by atoms with Crippen LogP contribution in [0.2, 0.25) is 0 Å². The molecule has 0 saturated carbocycles. The molecule has 1 unspecified atom stereocenters. The quantitative estimate of drug-likeness (QED) is 0.888. The predicted octanol–water partition coefficient (Wildman–Crippen LogP) is 3.92. The first-order valence-electron chi connectivity index (χ1n) is 6.65. The lowest BCUT2D eigenvalue weighted by atomic mass is 9.89. The fourth-order valence-corrected chi connectivity index (χ4v) is 2.54. The highest BCUT2D eigenvalue weighted by molar-refractivity contribution is 9.10. The molecule has 4 heteroatoms. The maximum absolute atomic E-state index is 10.8. The lowest BCUT2D eigenvalue weighted by molar-refractivity contribution is 0.0573. The first kappa shape index (κ1) is 15.9. The number of hydrogen-bond acceptors (Lipinski definition) is 3. The largest absolute Gasteiger partial charge is 0.493 e. The van der Waals surface area contributed by atoms with Crippen LogP contribution in [0, 0.1) is 0 Å². The molecule has 0 spiro atoms. The summed E-state index contributed by atoms with van der Waals surface area (Å²) in [7, 11) is 3.18. The molecule has 0 amide bonds. The van der Waals surface area contributed by atoms with Crippen LogP contribution >= 0.6 is 15.9 Å². The maximum atomic E-state index is 10.8. The summed E-state index contributed by atoms with van der Waals surface area (Å²) in [4.78, 5) is 0. The molecule has 112 valence electrons. The summed E-state index contributed by atoms with van der Waals surface area (Å²) in [6.45, 7) is 1.80. The molecule has 0 heterocycles. The lowest BCUT2D eigenvalue weighted by Gasteiger charge is -2.25. The molecule has 0 bridgehead atoms. The third-order valence-corrected chi connectivity index (χ3v) is 4.00. The van der Waals surface area contributed by atoms with Gasteiger partial charge in [-0.1, -0.05) is 34.1 Å². The van der Waals surface area contributed by atoms with Gasteiger partial charge in [-0.3, -0.25) is 0 Å². The molecular weight excluding hydrogens is 332 g/mol. The number of aliphatic hydroxyl groups is 1. The molecule has 0 aliphatic rings. The molecular formula is C17H19BrO3. The standard InChI is InChI=1S/C17H19BrO3/c1-17(19,11-12-4-7-14(18)8-5-12)13-6-9-15(20-2)16(10-13)21-3/h4-10,19H,11H2,1-3H3. The molecule has 21 heavy (non-hydrogen) atoms. The van der Waals surface area contributed by atoms with Crippen molar-refractivity contribution in [2.45, 2.75) is 18.9 Å². The van der Waals surface area contributed by atoms with Gasteiger partial charge in [0.15, 0.2) is 11.5 Å². The van der Waals surface area contributed by atoms with Gasteiger partial charge in [-0.05, 0) is 42.3 Å². The van der Waals surface area contributed by atoms with E-state index >= 15 is 0 Å². The van der Waals surface area contributed by atoms with E-state index in [9.17, 15) is 5.11 Å². The molecule has 3 nitrogen and oxygen atoms in total. The molecule has 0 aliphatic carbocycles. The average molecular weight is 351 g/mol. The van der Waals surface area contributed by atoms with E-state index < -0.39 is 5.60 Å². The summed E-state index contributed by atoms with van der Waals surface area (Å²) in [5, 5.41) is 10.8. The van der Waals surface area contributed by atoms with Gasteiger partial charge in [-0.2, -0.15) is 0 Å². The Labute approximate surface area is 133 Å². The molecule has 1 N–H and O–H groups in total. The Bertz CT molecular complexity index is 606. The van der Waals surface area contributed by atoms with Crippen molar-refractivity contribution in [2.75, 3.05) is 14.2 Å². The molecule has 2 rings (SSSR count). The summed E-state index contributed by atoms with van der Waals surface area (Å²) >= 11 is 3.41. The lowest BCUT2D eigenvalue weighted by Crippen LogP contribution is -2.24. The summed E-state index contributed by atoms with van der Waals surface area (Å²) in [6.07, 6.45) is 0.524. The minimum Gasteiger partial charge on any atom is -0.493 e. The highest BCUT2D eigenvalue weighted by Gasteiger charge is 2.25. The fourth-order valence-electron chi connectivity index (χ4n) is 2.27. The van der Waals surface area contributed by atoms with Gasteiger partial charge in [-0.15, -0.1) is 0 Å². The van der Waals surface area contributed by atoms with Crippen molar-refractivity contribution in [2.24, 2.45) is 0 Å². The van der Waals surface area contributed by atoms with Gasteiger partial charge in [0.05, 0.1) is 19.8 Å². The zero-order valence-electron chi connectivity index (χ0n) is 12.4. The minimum absolute atomic E-state index is 0.524. The number of benzene rings is 2. The average Bonchev–Trinajstić information content (AvgIpc) is 2.48. The van der Waals surface area contributed by atoms with Crippen molar-refractivity contribution in [1.29, 1.82) is 0 Å². The zero-order chi connectivity index (χ0) is 15.5. The molecule has 1 atom stereocenters. The van der Waals surface area contributed by atoms with E-state index in [1.54, 1.807) is 21.1 Å². The van der Waals surface area contributed by atoms with Crippen LogP contribution in [0.3, 0.4) is 0 Å². The van der Waals surface area contributed by atoms with Crippen molar-refractivity contribution < 1.29 is 14.6 Å². The topological polar surface area (TPSA) is 38.7 Å². The Hall–Kier alpha value is -1.52. The van der Waals surface area contributed by atoms with E-state index in [1.807, 2.05) is 42.5 Å². The number of hydrogen-bond donors (Lipinski definition) is 1. The van der Waals surface area contributed by atoms with Crippen molar-refractivity contribution in [3.63, 3.8) is 0 Å². The first-order chi connectivity index (χ1) is 9.96. The van der Waals surface area contributed by atoms with E-state index in [-0.39, 0.29) is 0 Å². The molecule has 0 saturated heterocycles. The van der Waals surface area contributed by atoms with Gasteiger partial charge in [0.1, 0.15) is 0 Å². The van der Waals surface area contributed by atoms with Crippen LogP contribution in [0.25, 0.3) is 0 Å². The van der Waals surface area contributed by atoms with Crippen LogP contribution in [0.4, 0.5) is 0 Å². The van der Waals surface area contributed by atoms with E-state index in [1.165, 1.54) is 0 Å². The first-order valence-corrected chi connectivity index (χ1v) is 7.45. The van der Waals surface area contributed by atoms with Gasteiger partial charge in [0.2, 0.25) is 0 Å². The highest BCUT2D eigenvalue weighted by atomic mass is 79.9. The Morgan fingerprint density at radius 1 is 1.00 bits per heavy atom. The smallest absolute Gasteiger partial charge is 0.161 e. The van der Waals surface area contributed by atoms with Crippen LogP contribution < -0.4 is 9.47 Å². The van der Waals surface area contributed by atoms with Gasteiger partial charge in [0, 0.05) is 10.9 Å². The number of rotatable bonds is 5. The van der Waals surface area contributed by atoms with Gasteiger partial charge < -0.3 is 14.6 Å². The summed E-state index contributed by atoms with van der Waals surface area (Å²) in [5.74, 6) is 1.27. The summed E-state index contributed by atoms with van der Waals surface area (Å²) in [6, 6.07) is 13.4. The van der Waals surface area contributed by atoms with Gasteiger partial charge in [0.25, 0.3) is 0 Å². The van der Waals surface area contributed by atoms with E-state index in [0.717, 1.165) is 15.6 Å². The van der Waals surface area contributed by atoms with Crippen molar-refractivity contribution >= 4 is 15.9 Å². The highest BCUT2D eigenvalue weighted by Crippen LogP contribution is 2.33. The Kier molecular flexibility index (Phi) is 4.91. The van der Waals surface area contributed by atoms with E-state index in [2.05, 4.69) is 15.9 Å². The Morgan fingerprint density at radius 2 is 1.62 bits per heavy atom. The summed E-state index contributed by atoms with van der Waals surface area (Å²) < 4.78 is 11.5. The van der Waals surface area contributed by atoms with Crippen LogP contribution in [0.15, 0.2) is 46.9 Å². The summed E-state index contributed by atoms with van der Waals surface area (Å²) in [5.41, 5.74) is 0.883. The molecule has 2 aromatic rings. The molecule has 0 radical (unpaired) electrons. The normalized spacial score (nSPS) is 13.6. The van der Waals surface area contributed by atoms with Crippen molar-refractivity contribution in [1.82, 2.24) is 0 Å². The Morgan fingerprint density at radius 3 is 2.19 bits per heavy atom. The monoisotopic (exact) mass is 350 g/mol. The van der Waals surface area contributed by atoms with Gasteiger partial charge in [-0.25, -0.2) is 0 Å². The van der Waals surface area contributed by atoms with Crippen LogP contribution in [-0.4, -0.2) is 19.3 Å². The number of ether oxygens (including phenoxy) is 2. The molecule has 0 fully saturated rings. The second-order valence-electron chi connectivity index (χ2n) is 5.15. The van der Waals surface area contributed by atoms with Crippen LogP contribution in [0.1, 0.15) is 18.1 Å². The molecule has 0 aromatic heterocycles. The fraction of sp³-hybridized carbons (Fsp3) is 0.294. The molecule has 0 aliphatic heterocycles.